The van der Waals surface area contributed by atoms with Crippen molar-refractivity contribution in [1.82, 2.24) is 14.9 Å². The molecule has 1 heterocycles. The molecule has 1 N–H and O–H groups in total. The minimum Gasteiger partial charge on any atom is -0.495 e. The lowest BCUT2D eigenvalue weighted by Crippen LogP contribution is -2.32. The van der Waals surface area contributed by atoms with E-state index in [0.717, 1.165) is 24.2 Å². The van der Waals surface area contributed by atoms with Crippen molar-refractivity contribution in [2.75, 3.05) is 7.11 Å². The molecule has 0 spiro atoms. The zero-order valence-corrected chi connectivity index (χ0v) is 16.0. The first-order valence-corrected chi connectivity index (χ1v) is 9.10. The van der Waals surface area contributed by atoms with Crippen LogP contribution in [0.2, 0.25) is 0 Å². The summed E-state index contributed by atoms with van der Waals surface area (Å²) >= 11 is 0. The fourth-order valence-corrected chi connectivity index (χ4v) is 2.99. The summed E-state index contributed by atoms with van der Waals surface area (Å²) in [5.41, 5.74) is 3.64. The lowest BCUT2D eigenvalue weighted by atomic mass is 10.1. The van der Waals surface area contributed by atoms with E-state index in [4.69, 9.17) is 4.74 Å². The van der Waals surface area contributed by atoms with Gasteiger partial charge in [0.05, 0.1) is 24.8 Å². The molecule has 1 unspecified atom stereocenters. The molecule has 3 aromatic rings. The first-order valence-electron chi connectivity index (χ1n) is 9.10. The number of ether oxygens (including phenoxy) is 1. The Hall–Kier alpha value is -3.08. The van der Waals surface area contributed by atoms with Crippen molar-refractivity contribution in [3.63, 3.8) is 0 Å². The fraction of sp³-hybridized carbons (Fsp3) is 0.273. The number of rotatable bonds is 7. The average Bonchev–Trinajstić information content (AvgIpc) is 3.12. The molecule has 140 valence electrons. The van der Waals surface area contributed by atoms with Crippen molar-refractivity contribution in [2.24, 2.45) is 0 Å². The van der Waals surface area contributed by atoms with E-state index < -0.39 is 0 Å². The fourth-order valence-electron chi connectivity index (χ4n) is 2.99. The van der Waals surface area contributed by atoms with Crippen molar-refractivity contribution < 1.29 is 9.53 Å². The highest BCUT2D eigenvalue weighted by atomic mass is 16.5. The summed E-state index contributed by atoms with van der Waals surface area (Å²) in [6.07, 6.45) is 5.48. The normalized spacial score (nSPS) is 11.8. The van der Waals surface area contributed by atoms with Gasteiger partial charge in [-0.1, -0.05) is 30.3 Å². The standard InChI is InChI=1S/C22H25N3O2/c1-16(9-10-18-7-5-4-6-8-18)24-22(26)19-11-12-20(21(13-19)27-3)25-14-17(2)23-15-25/h4-8,11-16H,9-10H2,1-3H3,(H,24,26). The number of nitrogens with zero attached hydrogens (tertiary/aromatic N) is 2. The summed E-state index contributed by atoms with van der Waals surface area (Å²) in [5, 5.41) is 3.07. The summed E-state index contributed by atoms with van der Waals surface area (Å²) in [7, 11) is 1.60. The molecular weight excluding hydrogens is 338 g/mol. The third kappa shape index (κ3) is 4.76. The third-order valence-corrected chi connectivity index (χ3v) is 4.52. The molecule has 0 fully saturated rings. The average molecular weight is 363 g/mol. The summed E-state index contributed by atoms with van der Waals surface area (Å²) in [5.74, 6) is 0.541. The molecule has 1 atom stereocenters. The van der Waals surface area contributed by atoms with Crippen LogP contribution in [0, 0.1) is 6.92 Å². The highest BCUT2D eigenvalue weighted by molar-refractivity contribution is 5.95. The Labute approximate surface area is 160 Å². The number of amides is 1. The van der Waals surface area contributed by atoms with Crippen LogP contribution in [0.3, 0.4) is 0 Å². The zero-order chi connectivity index (χ0) is 19.2. The van der Waals surface area contributed by atoms with E-state index in [1.807, 2.05) is 54.9 Å². The Balaban J connectivity index is 1.65. The molecule has 0 radical (unpaired) electrons. The van der Waals surface area contributed by atoms with Crippen LogP contribution in [0.25, 0.3) is 5.69 Å². The molecule has 0 aliphatic heterocycles. The molecule has 5 nitrogen and oxygen atoms in total. The molecule has 1 aromatic heterocycles. The largest absolute Gasteiger partial charge is 0.495 e. The number of carbonyl (C=O) groups is 1. The van der Waals surface area contributed by atoms with E-state index in [1.165, 1.54) is 5.56 Å². The maximum Gasteiger partial charge on any atom is 0.251 e. The van der Waals surface area contributed by atoms with E-state index in [-0.39, 0.29) is 11.9 Å². The number of carbonyl (C=O) groups excluding carboxylic acids is 1. The Morgan fingerprint density at radius 2 is 2.00 bits per heavy atom. The summed E-state index contributed by atoms with van der Waals surface area (Å²) < 4.78 is 7.37. The van der Waals surface area contributed by atoms with Crippen LogP contribution in [0.5, 0.6) is 5.75 Å². The second kappa shape index (κ2) is 8.54. The van der Waals surface area contributed by atoms with Gasteiger partial charge in [-0.15, -0.1) is 0 Å². The van der Waals surface area contributed by atoms with Crippen molar-refractivity contribution in [3.05, 3.63) is 77.9 Å². The molecule has 3 rings (SSSR count). The van der Waals surface area contributed by atoms with Gasteiger partial charge in [0.2, 0.25) is 0 Å². The molecular formula is C22H25N3O2. The van der Waals surface area contributed by atoms with Crippen LogP contribution in [-0.4, -0.2) is 28.6 Å². The van der Waals surface area contributed by atoms with Crippen LogP contribution >= 0.6 is 0 Å². The molecule has 2 aromatic carbocycles. The Bertz CT molecular complexity index is 903. The van der Waals surface area contributed by atoms with Gasteiger partial charge in [-0.05, 0) is 50.5 Å². The monoisotopic (exact) mass is 363 g/mol. The zero-order valence-electron chi connectivity index (χ0n) is 16.0. The first-order chi connectivity index (χ1) is 13.1. The Morgan fingerprint density at radius 3 is 2.67 bits per heavy atom. The van der Waals surface area contributed by atoms with Gasteiger partial charge in [0.25, 0.3) is 5.91 Å². The van der Waals surface area contributed by atoms with E-state index in [0.29, 0.717) is 11.3 Å². The predicted molar refractivity (Wildman–Crippen MR) is 107 cm³/mol. The topological polar surface area (TPSA) is 56.1 Å². The van der Waals surface area contributed by atoms with E-state index in [2.05, 4.69) is 22.4 Å². The summed E-state index contributed by atoms with van der Waals surface area (Å²) in [4.78, 5) is 16.8. The van der Waals surface area contributed by atoms with E-state index in [1.54, 1.807) is 19.5 Å². The Kier molecular flexibility index (Phi) is 5.91. The maximum absolute atomic E-state index is 12.6. The SMILES string of the molecule is COc1cc(C(=O)NC(C)CCc2ccccc2)ccc1-n1cnc(C)c1. The lowest BCUT2D eigenvalue weighted by molar-refractivity contribution is 0.0938. The smallest absolute Gasteiger partial charge is 0.251 e. The third-order valence-electron chi connectivity index (χ3n) is 4.52. The molecule has 1 amide bonds. The first kappa shape index (κ1) is 18.7. The highest BCUT2D eigenvalue weighted by Gasteiger charge is 2.14. The van der Waals surface area contributed by atoms with Crippen LogP contribution < -0.4 is 10.1 Å². The number of imidazole rings is 1. The van der Waals surface area contributed by atoms with Gasteiger partial charge in [-0.3, -0.25) is 4.79 Å². The molecule has 0 aliphatic rings. The van der Waals surface area contributed by atoms with Crippen LogP contribution in [0.4, 0.5) is 0 Å². The van der Waals surface area contributed by atoms with Crippen LogP contribution in [0.15, 0.2) is 61.1 Å². The van der Waals surface area contributed by atoms with Crippen LogP contribution in [0.1, 0.15) is 35.0 Å². The number of hydrogen-bond acceptors (Lipinski definition) is 3. The molecule has 5 heteroatoms. The summed E-state index contributed by atoms with van der Waals surface area (Å²) in [6, 6.07) is 15.8. The maximum atomic E-state index is 12.6. The van der Waals surface area contributed by atoms with Gasteiger partial charge in [0.1, 0.15) is 5.75 Å². The number of methoxy groups -OCH3 is 1. The van der Waals surface area contributed by atoms with Gasteiger partial charge in [0.15, 0.2) is 0 Å². The number of benzene rings is 2. The summed E-state index contributed by atoms with van der Waals surface area (Å²) in [6.45, 7) is 3.96. The minimum absolute atomic E-state index is 0.0830. The number of aryl methyl sites for hydroxylation is 2. The molecule has 0 bridgehead atoms. The highest BCUT2D eigenvalue weighted by Crippen LogP contribution is 2.24. The van der Waals surface area contributed by atoms with Gasteiger partial charge in [-0.25, -0.2) is 4.98 Å². The van der Waals surface area contributed by atoms with Crippen molar-refractivity contribution in [2.45, 2.75) is 32.7 Å². The van der Waals surface area contributed by atoms with Gasteiger partial charge >= 0.3 is 0 Å². The van der Waals surface area contributed by atoms with Gasteiger partial charge < -0.3 is 14.6 Å². The van der Waals surface area contributed by atoms with Gasteiger partial charge in [-0.2, -0.15) is 0 Å². The predicted octanol–water partition coefficient (Wildman–Crippen LogP) is 3.94. The quantitative estimate of drug-likeness (QED) is 0.692. The second-order valence-corrected chi connectivity index (χ2v) is 6.71. The van der Waals surface area contributed by atoms with Crippen molar-refractivity contribution in [3.8, 4) is 11.4 Å². The van der Waals surface area contributed by atoms with Crippen LogP contribution in [-0.2, 0) is 6.42 Å². The molecule has 0 saturated carbocycles. The lowest BCUT2D eigenvalue weighted by Gasteiger charge is -2.15. The molecule has 0 aliphatic carbocycles. The van der Waals surface area contributed by atoms with E-state index >= 15 is 0 Å². The number of hydrogen-bond donors (Lipinski definition) is 1. The molecule has 0 saturated heterocycles. The van der Waals surface area contributed by atoms with E-state index in [9.17, 15) is 4.79 Å². The number of aromatic nitrogens is 2. The number of nitrogens with one attached hydrogen (secondary N) is 1. The minimum atomic E-state index is -0.0952. The second-order valence-electron chi connectivity index (χ2n) is 6.71. The Morgan fingerprint density at radius 1 is 1.22 bits per heavy atom. The van der Waals surface area contributed by atoms with Crippen molar-refractivity contribution in [1.29, 1.82) is 0 Å². The van der Waals surface area contributed by atoms with Crippen molar-refractivity contribution >= 4 is 5.91 Å². The molecule has 27 heavy (non-hydrogen) atoms. The van der Waals surface area contributed by atoms with Gasteiger partial charge in [0, 0.05) is 17.8 Å².